The summed E-state index contributed by atoms with van der Waals surface area (Å²) in [7, 11) is 0. The van der Waals surface area contributed by atoms with Crippen LogP contribution in [0.3, 0.4) is 0 Å². The molecular weight excluding hydrogens is 278 g/mol. The largest absolute Gasteiger partial charge is 0.493 e. The summed E-state index contributed by atoms with van der Waals surface area (Å²) in [5.74, 6) is 0.943. The average Bonchev–Trinajstić information content (AvgIpc) is 2.91. The Kier molecular flexibility index (Phi) is 6.13. The Bertz CT molecular complexity index is 608. The predicted molar refractivity (Wildman–Crippen MR) is 85.3 cm³/mol. The van der Waals surface area contributed by atoms with Crippen molar-refractivity contribution < 1.29 is 9.53 Å². The summed E-state index contributed by atoms with van der Waals surface area (Å²) < 4.78 is 7.63. The second-order valence-electron chi connectivity index (χ2n) is 5.33. The predicted octanol–water partition coefficient (Wildman–Crippen LogP) is 3.21. The molecule has 0 aliphatic rings. The van der Waals surface area contributed by atoms with E-state index < -0.39 is 0 Å². The van der Waals surface area contributed by atoms with Crippen molar-refractivity contribution in [3.63, 3.8) is 0 Å². The molecular formula is C17H23N3O2. The van der Waals surface area contributed by atoms with E-state index in [0.717, 1.165) is 55.5 Å². The number of hydrogen-bond donors (Lipinski definition) is 0. The van der Waals surface area contributed by atoms with Crippen molar-refractivity contribution in [2.24, 2.45) is 0 Å². The smallest absolute Gasteiger partial charge is 0.172 e. The molecule has 0 radical (unpaired) electrons. The van der Waals surface area contributed by atoms with Gasteiger partial charge in [-0.2, -0.15) is 0 Å². The summed E-state index contributed by atoms with van der Waals surface area (Å²) in [4.78, 5) is 10.9. The molecule has 0 N–H and O–H groups in total. The second kappa shape index (κ2) is 8.32. The molecule has 5 nitrogen and oxygen atoms in total. The highest BCUT2D eigenvalue weighted by Gasteiger charge is 2.10. The number of hydrogen-bond acceptors (Lipinski definition) is 4. The van der Waals surface area contributed by atoms with E-state index in [4.69, 9.17) is 4.74 Å². The third kappa shape index (κ3) is 4.16. The topological polar surface area (TPSA) is 57.0 Å². The van der Waals surface area contributed by atoms with E-state index >= 15 is 0 Å². The van der Waals surface area contributed by atoms with Crippen LogP contribution >= 0.6 is 0 Å². The Morgan fingerprint density at radius 1 is 1.27 bits per heavy atom. The zero-order chi connectivity index (χ0) is 15.8. The van der Waals surface area contributed by atoms with Gasteiger partial charge in [0, 0.05) is 6.54 Å². The highest BCUT2D eigenvalue weighted by molar-refractivity contribution is 5.73. The molecule has 0 aliphatic carbocycles. The Morgan fingerprint density at radius 2 is 2.09 bits per heavy atom. The fourth-order valence-corrected chi connectivity index (χ4v) is 2.38. The molecule has 0 bridgehead atoms. The van der Waals surface area contributed by atoms with Crippen molar-refractivity contribution in [2.45, 2.75) is 46.1 Å². The summed E-state index contributed by atoms with van der Waals surface area (Å²) in [5, 5.41) is 8.00. The van der Waals surface area contributed by atoms with Crippen LogP contribution in [0.4, 0.5) is 0 Å². The molecule has 1 heterocycles. The maximum absolute atomic E-state index is 10.9. The van der Waals surface area contributed by atoms with Gasteiger partial charge in [0.15, 0.2) is 6.29 Å². The summed E-state index contributed by atoms with van der Waals surface area (Å²) in [5.41, 5.74) is 2.56. The number of ether oxygens (including phenoxy) is 1. The zero-order valence-electron chi connectivity index (χ0n) is 13.3. The van der Waals surface area contributed by atoms with E-state index in [0.29, 0.717) is 12.3 Å². The van der Waals surface area contributed by atoms with Gasteiger partial charge in [0.25, 0.3) is 0 Å². The molecule has 2 aromatic rings. The zero-order valence-corrected chi connectivity index (χ0v) is 13.3. The van der Waals surface area contributed by atoms with Crippen LogP contribution in [-0.4, -0.2) is 27.9 Å². The third-order valence-electron chi connectivity index (χ3n) is 3.58. The molecule has 2 rings (SSSR count). The lowest BCUT2D eigenvalue weighted by molar-refractivity contribution is 0.111. The van der Waals surface area contributed by atoms with Crippen molar-refractivity contribution in [1.29, 1.82) is 0 Å². The first-order valence-corrected chi connectivity index (χ1v) is 7.82. The molecule has 0 fully saturated rings. The number of para-hydroxylation sites is 1. The molecule has 0 unspecified atom stereocenters. The molecule has 0 amide bonds. The molecule has 5 heteroatoms. The van der Waals surface area contributed by atoms with Gasteiger partial charge < -0.3 is 4.74 Å². The van der Waals surface area contributed by atoms with Gasteiger partial charge in [-0.1, -0.05) is 36.8 Å². The average molecular weight is 301 g/mol. The maximum atomic E-state index is 10.9. The van der Waals surface area contributed by atoms with E-state index in [1.54, 1.807) is 0 Å². The number of aromatic nitrogens is 3. The second-order valence-corrected chi connectivity index (χ2v) is 5.33. The summed E-state index contributed by atoms with van der Waals surface area (Å²) >= 11 is 0. The number of benzene rings is 1. The van der Waals surface area contributed by atoms with Gasteiger partial charge in [0.2, 0.25) is 0 Å². The fourth-order valence-electron chi connectivity index (χ4n) is 2.38. The minimum Gasteiger partial charge on any atom is -0.493 e. The van der Waals surface area contributed by atoms with Crippen molar-refractivity contribution in [3.05, 3.63) is 41.2 Å². The number of unbranched alkanes of at least 4 members (excludes halogenated alkanes) is 1. The van der Waals surface area contributed by atoms with Crippen LogP contribution in [0, 0.1) is 6.92 Å². The van der Waals surface area contributed by atoms with Crippen LogP contribution in [-0.2, 0) is 13.0 Å². The first-order chi connectivity index (χ1) is 10.8. The van der Waals surface area contributed by atoms with Gasteiger partial charge in [-0.25, -0.2) is 4.68 Å². The standard InChI is InChI=1S/C17H23N3O2/c1-3-8-16-15(13-21)18-19-20(16)11-6-7-12-22-17-10-5-4-9-14(17)2/h4-5,9-10,13H,3,6-8,11-12H2,1-2H3. The van der Waals surface area contributed by atoms with Crippen molar-refractivity contribution in [2.75, 3.05) is 6.61 Å². The van der Waals surface area contributed by atoms with Gasteiger partial charge >= 0.3 is 0 Å². The van der Waals surface area contributed by atoms with E-state index in [-0.39, 0.29) is 0 Å². The Balaban J connectivity index is 1.78. The number of carbonyl (C=O) groups excluding carboxylic acids is 1. The van der Waals surface area contributed by atoms with Crippen molar-refractivity contribution in [3.8, 4) is 5.75 Å². The molecule has 0 spiro atoms. The van der Waals surface area contributed by atoms with Crippen molar-refractivity contribution >= 4 is 6.29 Å². The molecule has 0 atom stereocenters. The summed E-state index contributed by atoms with van der Waals surface area (Å²) in [6.07, 6.45) is 4.49. The van der Waals surface area contributed by atoms with E-state index in [2.05, 4.69) is 17.2 Å². The van der Waals surface area contributed by atoms with Crippen LogP contribution in [0.25, 0.3) is 0 Å². The molecule has 22 heavy (non-hydrogen) atoms. The first kappa shape index (κ1) is 16.2. The molecule has 0 saturated carbocycles. The summed E-state index contributed by atoms with van der Waals surface area (Å²) in [6, 6.07) is 8.02. The van der Waals surface area contributed by atoms with Gasteiger partial charge in [-0.05, 0) is 37.8 Å². The van der Waals surface area contributed by atoms with Gasteiger partial charge in [-0.3, -0.25) is 4.79 Å². The molecule has 1 aromatic carbocycles. The van der Waals surface area contributed by atoms with E-state index in [1.807, 2.05) is 35.9 Å². The molecule has 118 valence electrons. The van der Waals surface area contributed by atoms with Crippen LogP contribution in [0.2, 0.25) is 0 Å². The fraction of sp³-hybridized carbons (Fsp3) is 0.471. The number of nitrogens with zero attached hydrogens (tertiary/aromatic N) is 3. The first-order valence-electron chi connectivity index (χ1n) is 7.82. The lowest BCUT2D eigenvalue weighted by Gasteiger charge is -2.09. The monoisotopic (exact) mass is 301 g/mol. The third-order valence-corrected chi connectivity index (χ3v) is 3.58. The number of rotatable bonds is 9. The quantitative estimate of drug-likeness (QED) is 0.527. The number of aryl methyl sites for hydroxylation is 2. The number of carbonyl (C=O) groups is 1. The Morgan fingerprint density at radius 3 is 2.82 bits per heavy atom. The van der Waals surface area contributed by atoms with Crippen LogP contribution in [0.5, 0.6) is 5.75 Å². The van der Waals surface area contributed by atoms with Crippen molar-refractivity contribution in [1.82, 2.24) is 15.0 Å². The SMILES string of the molecule is CCCc1c(C=O)nnn1CCCCOc1ccccc1C. The summed E-state index contributed by atoms with van der Waals surface area (Å²) in [6.45, 7) is 5.58. The van der Waals surface area contributed by atoms with Gasteiger partial charge in [0.1, 0.15) is 11.4 Å². The molecule has 0 saturated heterocycles. The van der Waals surface area contributed by atoms with E-state index in [1.165, 1.54) is 0 Å². The number of aldehydes is 1. The van der Waals surface area contributed by atoms with Crippen LogP contribution in [0.15, 0.2) is 24.3 Å². The highest BCUT2D eigenvalue weighted by atomic mass is 16.5. The van der Waals surface area contributed by atoms with Gasteiger partial charge in [-0.15, -0.1) is 5.10 Å². The molecule has 0 aliphatic heterocycles. The minimum absolute atomic E-state index is 0.470. The van der Waals surface area contributed by atoms with Crippen LogP contribution in [0.1, 0.15) is 47.9 Å². The lowest BCUT2D eigenvalue weighted by atomic mass is 10.2. The Hall–Kier alpha value is -2.17. The minimum atomic E-state index is 0.470. The maximum Gasteiger partial charge on any atom is 0.172 e. The highest BCUT2D eigenvalue weighted by Crippen LogP contribution is 2.16. The van der Waals surface area contributed by atoms with Crippen LogP contribution < -0.4 is 4.74 Å². The normalized spacial score (nSPS) is 10.6. The lowest BCUT2D eigenvalue weighted by Crippen LogP contribution is -2.08. The molecule has 1 aromatic heterocycles. The van der Waals surface area contributed by atoms with Gasteiger partial charge in [0.05, 0.1) is 12.3 Å². The Labute approximate surface area is 131 Å². The van der Waals surface area contributed by atoms with E-state index in [9.17, 15) is 4.79 Å².